The van der Waals surface area contributed by atoms with E-state index in [-0.39, 0.29) is 0 Å². The minimum Gasteiger partial charge on any atom is -0.443 e. The van der Waals surface area contributed by atoms with E-state index in [1.807, 2.05) is 6.26 Å². The number of nitriles is 2. The number of nitrogens with zero attached hydrogens (tertiary/aromatic N) is 2. The van der Waals surface area contributed by atoms with Crippen molar-refractivity contribution in [2.24, 2.45) is 0 Å². The van der Waals surface area contributed by atoms with Crippen LogP contribution in [-0.4, -0.2) is 28.3 Å². The van der Waals surface area contributed by atoms with Crippen LogP contribution in [0.2, 0.25) is 0 Å². The van der Waals surface area contributed by atoms with Crippen molar-refractivity contribution >= 4 is 11.8 Å². The first-order valence-corrected chi connectivity index (χ1v) is 4.22. The molecule has 0 saturated heterocycles. The molecule has 0 amide bonds. The molecule has 0 aromatic rings. The number of rotatable bonds is 3. The lowest BCUT2D eigenvalue weighted by Crippen LogP contribution is -2.02. The maximum atomic E-state index is 8.61. The molecule has 0 spiro atoms. The molecular weight excluding hydrogens is 164 g/mol. The van der Waals surface area contributed by atoms with Gasteiger partial charge < -0.3 is 10.2 Å². The van der Waals surface area contributed by atoms with Crippen LogP contribution in [0, 0.1) is 22.8 Å². The van der Waals surface area contributed by atoms with Crippen molar-refractivity contribution in [1.82, 2.24) is 0 Å². The number of aliphatic hydroxyl groups excluding tert-OH is 2. The summed E-state index contributed by atoms with van der Waals surface area (Å²) in [6, 6.07) is 1.74. The summed E-state index contributed by atoms with van der Waals surface area (Å²) in [5, 5.41) is 30.4. The van der Waals surface area contributed by atoms with Gasteiger partial charge in [0.1, 0.15) is 6.10 Å². The summed E-state index contributed by atoms with van der Waals surface area (Å²) in [6.07, 6.45) is 2.52. The fourth-order valence-electron chi connectivity index (χ4n) is 0.294. The molecule has 0 radical (unpaired) electrons. The fraction of sp³-hybridized carbons (Fsp3) is 0.667. The summed E-state index contributed by atoms with van der Waals surface area (Å²) < 4.78 is 0. The Morgan fingerprint density at radius 3 is 2.27 bits per heavy atom. The van der Waals surface area contributed by atoms with Gasteiger partial charge in [-0.3, -0.25) is 0 Å². The first-order valence-electron chi connectivity index (χ1n) is 2.82. The lowest BCUT2D eigenvalue weighted by atomic mass is 10.3. The minimum atomic E-state index is -0.762. The van der Waals surface area contributed by atoms with Crippen molar-refractivity contribution in [2.45, 2.75) is 12.5 Å². The van der Waals surface area contributed by atoms with Gasteiger partial charge >= 0.3 is 0 Å². The Hall–Kier alpha value is -0.910. The molecule has 0 rings (SSSR count). The molecule has 0 aliphatic heterocycles. The quantitative estimate of drug-likeness (QED) is 0.479. The predicted molar refractivity (Wildman–Crippen MR) is 42.2 cm³/mol. The third-order valence-electron chi connectivity index (χ3n) is 0.744. The molecule has 0 saturated carbocycles. The van der Waals surface area contributed by atoms with E-state index in [0.29, 0.717) is 6.42 Å². The van der Waals surface area contributed by atoms with Gasteiger partial charge in [-0.2, -0.15) is 22.3 Å². The summed E-state index contributed by atoms with van der Waals surface area (Å²) in [6.45, 7) is 0. The SMILES string of the molecule is CSCCC(O)C#N.N#CO. The molecule has 4 nitrogen and oxygen atoms in total. The van der Waals surface area contributed by atoms with Crippen molar-refractivity contribution in [2.75, 3.05) is 12.0 Å². The van der Waals surface area contributed by atoms with Gasteiger partial charge in [0.2, 0.25) is 0 Å². The lowest BCUT2D eigenvalue weighted by Gasteiger charge is -1.95. The van der Waals surface area contributed by atoms with E-state index in [1.54, 1.807) is 17.8 Å². The number of hydrogen-bond acceptors (Lipinski definition) is 5. The second kappa shape index (κ2) is 11.8. The Balaban J connectivity index is 0. The maximum Gasteiger partial charge on any atom is 0.283 e. The van der Waals surface area contributed by atoms with Crippen molar-refractivity contribution in [3.05, 3.63) is 0 Å². The molecule has 0 aromatic carbocycles. The van der Waals surface area contributed by atoms with E-state index >= 15 is 0 Å². The van der Waals surface area contributed by atoms with E-state index in [4.69, 9.17) is 20.7 Å². The average Bonchev–Trinajstić information content (AvgIpc) is 2.02. The van der Waals surface area contributed by atoms with E-state index in [0.717, 1.165) is 12.0 Å². The van der Waals surface area contributed by atoms with Crippen molar-refractivity contribution in [1.29, 1.82) is 10.5 Å². The third kappa shape index (κ3) is 17.6. The highest BCUT2D eigenvalue weighted by atomic mass is 32.2. The largest absolute Gasteiger partial charge is 0.443 e. The smallest absolute Gasteiger partial charge is 0.283 e. The average molecular weight is 174 g/mol. The molecule has 62 valence electrons. The summed E-state index contributed by atoms with van der Waals surface area (Å²) in [5.74, 6) is 0.856. The van der Waals surface area contributed by atoms with Crippen LogP contribution in [0.3, 0.4) is 0 Å². The van der Waals surface area contributed by atoms with Gasteiger partial charge in [-0.15, -0.1) is 0 Å². The monoisotopic (exact) mass is 174 g/mol. The van der Waals surface area contributed by atoms with Crippen LogP contribution in [0.5, 0.6) is 0 Å². The van der Waals surface area contributed by atoms with Crippen LogP contribution in [-0.2, 0) is 0 Å². The summed E-state index contributed by atoms with van der Waals surface area (Å²) >= 11 is 1.63. The van der Waals surface area contributed by atoms with Gasteiger partial charge in [0.15, 0.2) is 0 Å². The van der Waals surface area contributed by atoms with Crippen LogP contribution < -0.4 is 0 Å². The second-order valence-corrected chi connectivity index (χ2v) is 2.51. The van der Waals surface area contributed by atoms with Gasteiger partial charge in [0, 0.05) is 0 Å². The highest BCUT2D eigenvalue weighted by Gasteiger charge is 1.97. The molecule has 0 fully saturated rings. The molecule has 5 heteroatoms. The molecule has 0 aromatic heterocycles. The van der Waals surface area contributed by atoms with Crippen molar-refractivity contribution in [3.8, 4) is 12.3 Å². The van der Waals surface area contributed by atoms with E-state index in [9.17, 15) is 0 Å². The number of hydrogen-bond donors (Lipinski definition) is 2. The standard InChI is InChI=1S/C5H9NOS.CHNO/c1-8-3-2-5(7)4-6;2-1-3/h5,7H,2-3H2,1H3;3H. The van der Waals surface area contributed by atoms with Gasteiger partial charge in [0.25, 0.3) is 6.26 Å². The Bertz CT molecular complexity index is 150. The molecule has 0 aliphatic rings. The zero-order valence-electron chi connectivity index (χ0n) is 6.19. The Labute approximate surface area is 70.1 Å². The second-order valence-electron chi connectivity index (χ2n) is 1.53. The van der Waals surface area contributed by atoms with E-state index in [1.165, 1.54) is 0 Å². The van der Waals surface area contributed by atoms with E-state index in [2.05, 4.69) is 0 Å². The van der Waals surface area contributed by atoms with Crippen LogP contribution in [0.4, 0.5) is 0 Å². The zero-order valence-corrected chi connectivity index (χ0v) is 7.01. The van der Waals surface area contributed by atoms with Gasteiger partial charge in [-0.25, -0.2) is 0 Å². The third-order valence-corrected chi connectivity index (χ3v) is 1.39. The topological polar surface area (TPSA) is 88.0 Å². The number of aliphatic hydroxyl groups is 2. The lowest BCUT2D eigenvalue weighted by molar-refractivity contribution is 0.227. The predicted octanol–water partition coefficient (Wildman–Crippen LogP) is 0.464. The maximum absolute atomic E-state index is 8.61. The van der Waals surface area contributed by atoms with Crippen LogP contribution >= 0.6 is 11.8 Å². The van der Waals surface area contributed by atoms with E-state index < -0.39 is 6.10 Å². The Kier molecular flexibility index (Phi) is 13.7. The zero-order chi connectivity index (χ0) is 9.11. The molecule has 1 atom stereocenters. The minimum absolute atomic E-state index is 0.581. The Morgan fingerprint density at radius 1 is 1.55 bits per heavy atom. The molecular formula is C6H10N2O2S. The first kappa shape index (κ1) is 12.7. The van der Waals surface area contributed by atoms with Gasteiger partial charge in [0.05, 0.1) is 6.07 Å². The first-order chi connectivity index (χ1) is 5.22. The highest BCUT2D eigenvalue weighted by Crippen LogP contribution is 1.98. The van der Waals surface area contributed by atoms with Crippen LogP contribution in [0.15, 0.2) is 0 Å². The Morgan fingerprint density at radius 2 is 2.00 bits per heavy atom. The van der Waals surface area contributed by atoms with Gasteiger partial charge in [-0.1, -0.05) is 0 Å². The molecule has 0 heterocycles. The van der Waals surface area contributed by atoms with Crippen molar-refractivity contribution in [3.63, 3.8) is 0 Å². The highest BCUT2D eigenvalue weighted by molar-refractivity contribution is 7.98. The van der Waals surface area contributed by atoms with Crippen LogP contribution in [0.1, 0.15) is 6.42 Å². The molecule has 0 aliphatic carbocycles. The summed E-state index contributed by atoms with van der Waals surface area (Å²) in [4.78, 5) is 0. The molecule has 11 heavy (non-hydrogen) atoms. The molecule has 0 bridgehead atoms. The number of thioether (sulfide) groups is 1. The molecule has 1 unspecified atom stereocenters. The normalized spacial score (nSPS) is 9.82. The fourth-order valence-corrected chi connectivity index (χ4v) is 0.753. The van der Waals surface area contributed by atoms with Crippen molar-refractivity contribution < 1.29 is 10.2 Å². The molecule has 2 N–H and O–H groups in total. The summed E-state index contributed by atoms with van der Waals surface area (Å²) in [7, 11) is 0. The van der Waals surface area contributed by atoms with Gasteiger partial charge in [-0.05, 0) is 18.4 Å². The summed E-state index contributed by atoms with van der Waals surface area (Å²) in [5.41, 5.74) is 0. The van der Waals surface area contributed by atoms with Crippen LogP contribution in [0.25, 0.3) is 0 Å².